The number of hydrogen-bond acceptors (Lipinski definition) is 3. The lowest BCUT2D eigenvalue weighted by molar-refractivity contribution is -0.139. The molecule has 0 saturated carbocycles. The van der Waals surface area contributed by atoms with Crippen LogP contribution in [0.2, 0.25) is 0 Å². The summed E-state index contributed by atoms with van der Waals surface area (Å²) in [5.41, 5.74) is 5.27. The molecule has 4 N–H and O–H groups in total. The van der Waals surface area contributed by atoms with Crippen molar-refractivity contribution in [2.75, 3.05) is 6.54 Å². The zero-order valence-corrected chi connectivity index (χ0v) is 10.7. The first-order chi connectivity index (χ1) is 8.04. The van der Waals surface area contributed by atoms with E-state index in [-0.39, 0.29) is 12.8 Å². The quantitative estimate of drug-likeness (QED) is 0.542. The van der Waals surface area contributed by atoms with Gasteiger partial charge in [0.15, 0.2) is 0 Å². The lowest BCUT2D eigenvalue weighted by Gasteiger charge is -1.92. The van der Waals surface area contributed by atoms with Gasteiger partial charge in [0.1, 0.15) is 0 Å². The maximum atomic E-state index is 9.90. The van der Waals surface area contributed by atoms with Gasteiger partial charge in [-0.3, -0.25) is 9.59 Å². The summed E-state index contributed by atoms with van der Waals surface area (Å²) in [6.45, 7) is 3.07. The number of unbranched alkanes of at least 4 members (excludes halogenated alkanes) is 4. The number of rotatable bonds is 9. The molecule has 102 valence electrons. The number of nitrogens with two attached hydrogens (primary N) is 1. The van der Waals surface area contributed by atoms with Crippen LogP contribution in [0.1, 0.15) is 58.3 Å². The maximum absolute atomic E-state index is 9.90. The Morgan fingerprint density at radius 2 is 1.35 bits per heavy atom. The summed E-state index contributed by atoms with van der Waals surface area (Å²) in [6.07, 6.45) is 6.18. The van der Waals surface area contributed by atoms with Crippen molar-refractivity contribution in [2.24, 2.45) is 5.73 Å². The molecule has 0 aromatic rings. The van der Waals surface area contributed by atoms with Crippen LogP contribution >= 0.6 is 0 Å². The molecule has 17 heavy (non-hydrogen) atoms. The Morgan fingerprint density at radius 1 is 0.882 bits per heavy atom. The van der Waals surface area contributed by atoms with Crippen molar-refractivity contribution < 1.29 is 19.8 Å². The molecule has 0 spiro atoms. The van der Waals surface area contributed by atoms with Gasteiger partial charge < -0.3 is 15.9 Å². The van der Waals surface area contributed by atoms with Gasteiger partial charge in [-0.15, -0.1) is 0 Å². The van der Waals surface area contributed by atoms with Crippen molar-refractivity contribution in [3.8, 4) is 0 Å². The van der Waals surface area contributed by atoms with Crippen LogP contribution in [0.15, 0.2) is 0 Å². The lowest BCUT2D eigenvalue weighted by atomic mass is 10.2. The van der Waals surface area contributed by atoms with E-state index in [2.05, 4.69) is 6.92 Å². The van der Waals surface area contributed by atoms with Gasteiger partial charge in [-0.2, -0.15) is 0 Å². The van der Waals surface area contributed by atoms with Gasteiger partial charge in [-0.25, -0.2) is 0 Å². The van der Waals surface area contributed by atoms with E-state index in [1.807, 2.05) is 0 Å². The maximum Gasteiger partial charge on any atom is 0.303 e. The van der Waals surface area contributed by atoms with Crippen LogP contribution in [0, 0.1) is 0 Å². The fourth-order valence-corrected chi connectivity index (χ4v) is 1.12. The van der Waals surface area contributed by atoms with E-state index in [1.165, 1.54) is 25.7 Å². The summed E-state index contributed by atoms with van der Waals surface area (Å²) in [4.78, 5) is 19.8. The summed E-state index contributed by atoms with van der Waals surface area (Å²) in [7, 11) is 0. The first kappa shape index (κ1) is 18.3. The smallest absolute Gasteiger partial charge is 0.303 e. The standard InChI is InChI=1S/C6H15N.C6H10O4/c1-2-3-4-5-6-7;7-5(8)3-1-2-4-6(9)10/h2-7H2,1H3;1-4H2,(H,7,8)(H,9,10). The third-order valence-corrected chi connectivity index (χ3v) is 2.09. The third-order valence-electron chi connectivity index (χ3n) is 2.09. The molecule has 0 radical (unpaired) electrons. The zero-order chi connectivity index (χ0) is 13.5. The highest BCUT2D eigenvalue weighted by Gasteiger charge is 1.99. The minimum absolute atomic E-state index is 0.0628. The predicted octanol–water partition coefficient (Wildman–Crippen LogP) is 2.24. The van der Waals surface area contributed by atoms with E-state index in [9.17, 15) is 9.59 Å². The van der Waals surface area contributed by atoms with Gasteiger partial charge in [0.05, 0.1) is 0 Å². The highest BCUT2D eigenvalue weighted by molar-refractivity contribution is 5.67. The van der Waals surface area contributed by atoms with Gasteiger partial charge >= 0.3 is 11.9 Å². The molecule has 0 heterocycles. The van der Waals surface area contributed by atoms with Gasteiger partial charge in [0.25, 0.3) is 0 Å². The molecule has 0 aliphatic carbocycles. The molecule has 0 bridgehead atoms. The SMILES string of the molecule is CCCCCCN.O=C(O)CCCCC(=O)O. The summed E-state index contributed by atoms with van der Waals surface area (Å²) in [6, 6.07) is 0. The van der Waals surface area contributed by atoms with E-state index in [0.717, 1.165) is 6.54 Å². The molecule has 0 aromatic carbocycles. The Labute approximate surface area is 103 Å². The minimum Gasteiger partial charge on any atom is -0.481 e. The molecule has 5 heteroatoms. The van der Waals surface area contributed by atoms with Crippen molar-refractivity contribution in [2.45, 2.75) is 58.3 Å². The average molecular weight is 247 g/mol. The zero-order valence-electron chi connectivity index (χ0n) is 10.7. The second-order valence-electron chi connectivity index (χ2n) is 3.84. The van der Waals surface area contributed by atoms with Gasteiger partial charge in [-0.1, -0.05) is 26.2 Å². The van der Waals surface area contributed by atoms with Crippen LogP contribution < -0.4 is 5.73 Å². The summed E-state index contributed by atoms with van der Waals surface area (Å²) in [5.74, 6) is -1.74. The fourth-order valence-electron chi connectivity index (χ4n) is 1.12. The molecule has 0 atom stereocenters. The van der Waals surface area contributed by atoms with Crippen molar-refractivity contribution in [1.82, 2.24) is 0 Å². The average Bonchev–Trinajstić information content (AvgIpc) is 2.26. The topological polar surface area (TPSA) is 101 Å². The van der Waals surface area contributed by atoms with Crippen molar-refractivity contribution in [3.05, 3.63) is 0 Å². The number of aliphatic carboxylic acids is 2. The molecule has 0 aliphatic heterocycles. The van der Waals surface area contributed by atoms with E-state index >= 15 is 0 Å². The predicted molar refractivity (Wildman–Crippen MR) is 66.9 cm³/mol. The number of carbonyl (C=O) groups is 2. The monoisotopic (exact) mass is 247 g/mol. The Morgan fingerprint density at radius 3 is 1.65 bits per heavy atom. The van der Waals surface area contributed by atoms with E-state index in [1.54, 1.807) is 0 Å². The molecule has 0 rings (SSSR count). The summed E-state index contributed by atoms with van der Waals surface area (Å²) < 4.78 is 0. The molecule has 0 saturated heterocycles. The first-order valence-electron chi connectivity index (χ1n) is 6.18. The first-order valence-corrected chi connectivity index (χ1v) is 6.18. The van der Waals surface area contributed by atoms with E-state index in [0.29, 0.717) is 12.8 Å². The van der Waals surface area contributed by atoms with Gasteiger partial charge in [-0.05, 0) is 25.8 Å². The molecular formula is C12H25NO4. The Bertz CT molecular complexity index is 175. The fraction of sp³-hybridized carbons (Fsp3) is 0.833. The third kappa shape index (κ3) is 25.3. The Hall–Kier alpha value is -1.10. The number of hydrogen-bond donors (Lipinski definition) is 3. The van der Waals surface area contributed by atoms with Crippen LogP contribution in [0.4, 0.5) is 0 Å². The highest BCUT2D eigenvalue weighted by Crippen LogP contribution is 1.98. The summed E-state index contributed by atoms with van der Waals surface area (Å²) >= 11 is 0. The second kappa shape index (κ2) is 14.9. The Balaban J connectivity index is 0. The highest BCUT2D eigenvalue weighted by atomic mass is 16.4. The van der Waals surface area contributed by atoms with Crippen molar-refractivity contribution in [3.63, 3.8) is 0 Å². The Kier molecular flexibility index (Phi) is 16.0. The molecule has 0 amide bonds. The van der Waals surface area contributed by atoms with Crippen LogP contribution in [-0.2, 0) is 9.59 Å². The van der Waals surface area contributed by atoms with Gasteiger partial charge in [0.2, 0.25) is 0 Å². The molecule has 5 nitrogen and oxygen atoms in total. The van der Waals surface area contributed by atoms with Gasteiger partial charge in [0, 0.05) is 12.8 Å². The summed E-state index contributed by atoms with van der Waals surface area (Å²) in [5, 5.41) is 16.3. The number of carboxylic acids is 2. The molecule has 0 aromatic heterocycles. The van der Waals surface area contributed by atoms with Crippen LogP contribution in [0.5, 0.6) is 0 Å². The normalized spacial score (nSPS) is 9.29. The van der Waals surface area contributed by atoms with Crippen LogP contribution in [0.25, 0.3) is 0 Å². The second-order valence-corrected chi connectivity index (χ2v) is 3.84. The number of carboxylic acid groups (broad SMARTS) is 2. The molecule has 0 aliphatic rings. The lowest BCUT2D eigenvalue weighted by Crippen LogP contribution is -1.97. The van der Waals surface area contributed by atoms with Crippen LogP contribution in [-0.4, -0.2) is 28.7 Å². The minimum atomic E-state index is -0.870. The largest absolute Gasteiger partial charge is 0.481 e. The van der Waals surface area contributed by atoms with Crippen LogP contribution in [0.3, 0.4) is 0 Å². The molecule has 0 fully saturated rings. The van der Waals surface area contributed by atoms with E-state index in [4.69, 9.17) is 15.9 Å². The molecule has 0 unspecified atom stereocenters. The molecular weight excluding hydrogens is 222 g/mol. The van der Waals surface area contributed by atoms with Crippen molar-refractivity contribution in [1.29, 1.82) is 0 Å². The van der Waals surface area contributed by atoms with E-state index < -0.39 is 11.9 Å². The van der Waals surface area contributed by atoms with Crippen molar-refractivity contribution >= 4 is 11.9 Å².